The van der Waals surface area contributed by atoms with Crippen LogP contribution < -0.4 is 4.90 Å². The lowest BCUT2D eigenvalue weighted by Crippen LogP contribution is -2.24. The van der Waals surface area contributed by atoms with Crippen LogP contribution in [0.3, 0.4) is 0 Å². The summed E-state index contributed by atoms with van der Waals surface area (Å²) in [6.07, 6.45) is 0. The Morgan fingerprint density at radius 3 is 2.60 bits per heavy atom. The minimum absolute atomic E-state index is 0.0594. The lowest BCUT2D eigenvalue weighted by atomic mass is 10.0. The molecule has 0 fully saturated rings. The Morgan fingerprint density at radius 2 is 1.95 bits per heavy atom. The van der Waals surface area contributed by atoms with E-state index in [0.29, 0.717) is 16.3 Å². The summed E-state index contributed by atoms with van der Waals surface area (Å²) in [5, 5.41) is 10.0. The molecular weight excluding hydrogens is 277 g/mol. The molecule has 0 aliphatic heterocycles. The summed E-state index contributed by atoms with van der Waals surface area (Å²) in [5.41, 5.74) is 1.98. The van der Waals surface area contributed by atoms with Crippen molar-refractivity contribution in [2.45, 2.75) is 19.6 Å². The second kappa shape index (κ2) is 6.25. The smallest absolute Gasteiger partial charge is 0.146 e. The van der Waals surface area contributed by atoms with Gasteiger partial charge in [-0.3, -0.25) is 0 Å². The van der Waals surface area contributed by atoms with E-state index in [1.165, 1.54) is 6.07 Å². The first-order valence-corrected chi connectivity index (χ1v) is 6.79. The molecule has 1 N–H and O–H groups in total. The van der Waals surface area contributed by atoms with Gasteiger partial charge < -0.3 is 10.0 Å². The van der Waals surface area contributed by atoms with Crippen LogP contribution in [-0.4, -0.2) is 12.2 Å². The fraction of sp³-hybridized carbons (Fsp3) is 0.250. The van der Waals surface area contributed by atoms with Crippen molar-refractivity contribution in [1.82, 2.24) is 0 Å². The van der Waals surface area contributed by atoms with Gasteiger partial charge in [-0.25, -0.2) is 4.39 Å². The van der Waals surface area contributed by atoms with Gasteiger partial charge in [0.15, 0.2) is 0 Å². The third kappa shape index (κ3) is 2.94. The number of nitrogens with zero attached hydrogens (tertiary/aromatic N) is 1. The molecule has 0 saturated carbocycles. The highest BCUT2D eigenvalue weighted by Crippen LogP contribution is 2.31. The van der Waals surface area contributed by atoms with E-state index in [1.54, 1.807) is 18.2 Å². The van der Waals surface area contributed by atoms with E-state index in [1.807, 2.05) is 37.1 Å². The van der Waals surface area contributed by atoms with Crippen LogP contribution in [0.25, 0.3) is 0 Å². The van der Waals surface area contributed by atoms with Crippen LogP contribution in [0, 0.1) is 5.82 Å². The topological polar surface area (TPSA) is 23.5 Å². The average molecular weight is 294 g/mol. The van der Waals surface area contributed by atoms with Gasteiger partial charge >= 0.3 is 0 Å². The minimum Gasteiger partial charge on any atom is -0.392 e. The molecule has 0 bridgehead atoms. The highest BCUT2D eigenvalue weighted by Gasteiger charge is 2.18. The Kier molecular flexibility index (Phi) is 4.63. The summed E-state index contributed by atoms with van der Waals surface area (Å²) < 4.78 is 14.1. The van der Waals surface area contributed by atoms with Gasteiger partial charge in [0.1, 0.15) is 5.82 Å². The molecule has 0 amide bonds. The van der Waals surface area contributed by atoms with Crippen LogP contribution >= 0.6 is 11.6 Å². The standard InChI is InChI=1S/C16H17ClFNO/c1-11(12-5-3-7-14(17)9-12)19(2)16-13(10-20)6-4-8-15(16)18/h3-9,11,20H,10H2,1-2H3. The number of halogens is 2. The number of anilines is 1. The molecule has 2 aromatic rings. The van der Waals surface area contributed by atoms with E-state index in [0.717, 1.165) is 5.56 Å². The zero-order chi connectivity index (χ0) is 14.7. The summed E-state index contributed by atoms with van der Waals surface area (Å²) >= 11 is 6.00. The summed E-state index contributed by atoms with van der Waals surface area (Å²) in [4.78, 5) is 1.81. The number of aliphatic hydroxyl groups excluding tert-OH is 1. The second-order valence-electron chi connectivity index (χ2n) is 4.75. The van der Waals surface area contributed by atoms with Gasteiger partial charge in [-0.05, 0) is 30.7 Å². The number of aliphatic hydroxyl groups is 1. The lowest BCUT2D eigenvalue weighted by Gasteiger charge is -2.29. The highest BCUT2D eigenvalue weighted by atomic mass is 35.5. The average Bonchev–Trinajstić information content (AvgIpc) is 2.45. The van der Waals surface area contributed by atoms with Crippen molar-refractivity contribution in [2.24, 2.45) is 0 Å². The second-order valence-corrected chi connectivity index (χ2v) is 5.18. The van der Waals surface area contributed by atoms with Crippen molar-refractivity contribution in [2.75, 3.05) is 11.9 Å². The van der Waals surface area contributed by atoms with Crippen LogP contribution in [0.5, 0.6) is 0 Å². The van der Waals surface area contributed by atoms with Crippen LogP contribution in [-0.2, 0) is 6.61 Å². The molecule has 0 heterocycles. The van der Waals surface area contributed by atoms with Crippen molar-refractivity contribution in [1.29, 1.82) is 0 Å². The summed E-state index contributed by atoms with van der Waals surface area (Å²) in [6, 6.07) is 12.2. The van der Waals surface area contributed by atoms with Gasteiger partial charge in [0.2, 0.25) is 0 Å². The molecule has 20 heavy (non-hydrogen) atoms. The molecule has 0 spiro atoms. The summed E-state index contributed by atoms with van der Waals surface area (Å²) in [5.74, 6) is -0.340. The molecule has 2 nitrogen and oxygen atoms in total. The highest BCUT2D eigenvalue weighted by molar-refractivity contribution is 6.30. The van der Waals surface area contributed by atoms with E-state index in [-0.39, 0.29) is 18.5 Å². The van der Waals surface area contributed by atoms with E-state index in [4.69, 9.17) is 11.6 Å². The largest absolute Gasteiger partial charge is 0.392 e. The first-order chi connectivity index (χ1) is 9.54. The van der Waals surface area contributed by atoms with Crippen LogP contribution in [0.15, 0.2) is 42.5 Å². The summed E-state index contributed by atoms with van der Waals surface area (Å²) in [7, 11) is 1.81. The van der Waals surface area contributed by atoms with Crippen LogP contribution in [0.1, 0.15) is 24.1 Å². The van der Waals surface area contributed by atoms with Crippen LogP contribution in [0.4, 0.5) is 10.1 Å². The maximum Gasteiger partial charge on any atom is 0.146 e. The molecular formula is C16H17ClFNO. The zero-order valence-corrected chi connectivity index (χ0v) is 12.2. The molecule has 1 atom stereocenters. The van der Waals surface area contributed by atoms with Crippen molar-refractivity contribution in [3.05, 3.63) is 64.4 Å². The lowest BCUT2D eigenvalue weighted by molar-refractivity contribution is 0.281. The maximum atomic E-state index is 14.1. The first kappa shape index (κ1) is 14.8. The minimum atomic E-state index is -0.340. The van der Waals surface area contributed by atoms with Gasteiger partial charge in [0.05, 0.1) is 18.3 Å². The van der Waals surface area contributed by atoms with E-state index in [9.17, 15) is 9.50 Å². The monoisotopic (exact) mass is 293 g/mol. The molecule has 0 aliphatic carbocycles. The fourth-order valence-electron chi connectivity index (χ4n) is 2.27. The first-order valence-electron chi connectivity index (χ1n) is 6.41. The SMILES string of the molecule is CC(c1cccc(Cl)c1)N(C)c1c(F)cccc1CO. The maximum absolute atomic E-state index is 14.1. The van der Waals surface area contributed by atoms with Crippen molar-refractivity contribution in [3.8, 4) is 0 Å². The van der Waals surface area contributed by atoms with Crippen molar-refractivity contribution in [3.63, 3.8) is 0 Å². The Hall–Kier alpha value is -1.58. The molecule has 4 heteroatoms. The molecule has 0 radical (unpaired) electrons. The van der Waals surface area contributed by atoms with E-state index in [2.05, 4.69) is 0 Å². The van der Waals surface area contributed by atoms with Gasteiger partial charge in [0.25, 0.3) is 0 Å². The van der Waals surface area contributed by atoms with Gasteiger partial charge in [0, 0.05) is 17.6 Å². The Morgan fingerprint density at radius 1 is 1.25 bits per heavy atom. The molecule has 0 aromatic heterocycles. The fourth-order valence-corrected chi connectivity index (χ4v) is 2.47. The van der Waals surface area contributed by atoms with Crippen molar-refractivity contribution >= 4 is 17.3 Å². The van der Waals surface area contributed by atoms with Gasteiger partial charge in [-0.15, -0.1) is 0 Å². The molecule has 1 unspecified atom stereocenters. The molecule has 2 rings (SSSR count). The Labute approximate surface area is 123 Å². The predicted octanol–water partition coefficient (Wildman–Crippen LogP) is 4.17. The zero-order valence-electron chi connectivity index (χ0n) is 11.5. The summed E-state index contributed by atoms with van der Waals surface area (Å²) in [6.45, 7) is 1.78. The molecule has 2 aromatic carbocycles. The molecule has 0 saturated heterocycles. The van der Waals surface area contributed by atoms with E-state index < -0.39 is 0 Å². The molecule has 106 valence electrons. The number of rotatable bonds is 4. The third-order valence-corrected chi connectivity index (χ3v) is 3.74. The number of para-hydroxylation sites is 1. The number of benzene rings is 2. The van der Waals surface area contributed by atoms with E-state index >= 15 is 0 Å². The quantitative estimate of drug-likeness (QED) is 0.914. The number of hydrogen-bond acceptors (Lipinski definition) is 2. The Bertz CT molecular complexity index is 603. The predicted molar refractivity (Wildman–Crippen MR) is 80.6 cm³/mol. The number of hydrogen-bond donors (Lipinski definition) is 1. The van der Waals surface area contributed by atoms with Crippen molar-refractivity contribution < 1.29 is 9.50 Å². The van der Waals surface area contributed by atoms with Crippen LogP contribution in [0.2, 0.25) is 5.02 Å². The molecule has 0 aliphatic rings. The van der Waals surface area contributed by atoms with Gasteiger partial charge in [-0.2, -0.15) is 0 Å². The normalized spacial score (nSPS) is 12.2. The third-order valence-electron chi connectivity index (χ3n) is 3.51. The van der Waals surface area contributed by atoms with Gasteiger partial charge in [-0.1, -0.05) is 35.9 Å². The Balaban J connectivity index is 2.38.